The standard InChI is InChI=1S/C10H16N4OS/c1-14-6-8(11)9(13-14)10(15)12-5-7-3-2-4-16-7/h6-7H,2-5,11H2,1H3,(H,12,15). The molecule has 1 aromatic heterocycles. The van der Waals surface area contributed by atoms with Gasteiger partial charge < -0.3 is 11.1 Å². The van der Waals surface area contributed by atoms with Gasteiger partial charge in [-0.3, -0.25) is 9.48 Å². The molecule has 2 heterocycles. The molecule has 1 aliphatic heterocycles. The third-order valence-electron chi connectivity index (χ3n) is 2.59. The Morgan fingerprint density at radius 1 is 1.81 bits per heavy atom. The van der Waals surface area contributed by atoms with Crippen LogP contribution in [0.5, 0.6) is 0 Å². The summed E-state index contributed by atoms with van der Waals surface area (Å²) < 4.78 is 1.55. The van der Waals surface area contributed by atoms with Crippen molar-refractivity contribution in [2.45, 2.75) is 18.1 Å². The Morgan fingerprint density at radius 3 is 3.19 bits per heavy atom. The molecule has 3 N–H and O–H groups in total. The van der Waals surface area contributed by atoms with Crippen LogP contribution in [0.1, 0.15) is 23.3 Å². The van der Waals surface area contributed by atoms with E-state index in [0.717, 1.165) is 0 Å². The summed E-state index contributed by atoms with van der Waals surface area (Å²) in [5, 5.41) is 7.46. The average Bonchev–Trinajstić information content (AvgIpc) is 2.84. The van der Waals surface area contributed by atoms with Crippen LogP contribution in [0.2, 0.25) is 0 Å². The highest BCUT2D eigenvalue weighted by Crippen LogP contribution is 2.25. The molecular formula is C10H16N4OS. The maximum absolute atomic E-state index is 11.8. The summed E-state index contributed by atoms with van der Waals surface area (Å²) in [7, 11) is 1.75. The second-order valence-corrected chi connectivity index (χ2v) is 5.36. The number of thioether (sulfide) groups is 1. The number of carbonyl (C=O) groups excluding carboxylic acids is 1. The highest BCUT2D eigenvalue weighted by molar-refractivity contribution is 8.00. The number of hydrogen-bond acceptors (Lipinski definition) is 4. The number of carbonyl (C=O) groups is 1. The van der Waals surface area contributed by atoms with Crippen molar-refractivity contribution in [1.29, 1.82) is 0 Å². The quantitative estimate of drug-likeness (QED) is 0.812. The number of nitrogen functional groups attached to an aromatic ring is 1. The lowest BCUT2D eigenvalue weighted by Gasteiger charge is -2.08. The smallest absolute Gasteiger partial charge is 0.273 e. The minimum absolute atomic E-state index is 0.175. The van der Waals surface area contributed by atoms with Gasteiger partial charge in [0.2, 0.25) is 0 Å². The maximum atomic E-state index is 11.8. The van der Waals surface area contributed by atoms with Crippen molar-refractivity contribution < 1.29 is 4.79 Å². The summed E-state index contributed by atoms with van der Waals surface area (Å²) in [6.07, 6.45) is 4.07. The van der Waals surface area contributed by atoms with Crippen molar-refractivity contribution in [3.05, 3.63) is 11.9 Å². The summed E-state index contributed by atoms with van der Waals surface area (Å²) in [4.78, 5) is 11.8. The number of anilines is 1. The molecule has 0 spiro atoms. The van der Waals surface area contributed by atoms with Crippen molar-refractivity contribution >= 4 is 23.4 Å². The highest BCUT2D eigenvalue weighted by Gasteiger charge is 2.18. The monoisotopic (exact) mass is 240 g/mol. The van der Waals surface area contributed by atoms with Gasteiger partial charge in [0.1, 0.15) is 0 Å². The fourth-order valence-corrected chi connectivity index (χ4v) is 2.98. The first-order valence-electron chi connectivity index (χ1n) is 5.35. The van der Waals surface area contributed by atoms with Gasteiger partial charge in [-0.1, -0.05) is 0 Å². The fourth-order valence-electron chi connectivity index (χ4n) is 1.78. The number of nitrogens with zero attached hydrogens (tertiary/aromatic N) is 2. The fraction of sp³-hybridized carbons (Fsp3) is 0.600. The predicted molar refractivity (Wildman–Crippen MR) is 65.4 cm³/mol. The van der Waals surface area contributed by atoms with Crippen LogP contribution in [-0.4, -0.2) is 33.2 Å². The lowest BCUT2D eigenvalue weighted by molar-refractivity contribution is 0.0949. The number of hydrogen-bond donors (Lipinski definition) is 2. The van der Waals surface area contributed by atoms with Crippen LogP contribution in [0.3, 0.4) is 0 Å². The Bertz CT molecular complexity index is 384. The Kier molecular flexibility index (Phi) is 3.38. The number of nitrogens with one attached hydrogen (secondary N) is 1. The normalized spacial score (nSPS) is 19.9. The first kappa shape index (κ1) is 11.3. The molecule has 1 unspecified atom stereocenters. The number of nitrogens with two attached hydrogens (primary N) is 1. The summed E-state index contributed by atoms with van der Waals surface area (Å²) >= 11 is 1.92. The van der Waals surface area contributed by atoms with Gasteiger partial charge in [-0.25, -0.2) is 0 Å². The second-order valence-electron chi connectivity index (χ2n) is 3.95. The first-order valence-corrected chi connectivity index (χ1v) is 6.40. The largest absolute Gasteiger partial charge is 0.396 e. The first-order chi connectivity index (χ1) is 7.66. The highest BCUT2D eigenvalue weighted by atomic mass is 32.2. The van der Waals surface area contributed by atoms with Gasteiger partial charge in [-0.2, -0.15) is 16.9 Å². The summed E-state index contributed by atoms with van der Waals surface area (Å²) in [6, 6.07) is 0. The molecule has 1 fully saturated rings. The lowest BCUT2D eigenvalue weighted by Crippen LogP contribution is -2.30. The number of aryl methyl sites for hydroxylation is 1. The molecule has 1 atom stereocenters. The SMILES string of the molecule is Cn1cc(N)c(C(=O)NCC2CCCS2)n1. The molecule has 0 aromatic carbocycles. The molecule has 1 saturated heterocycles. The lowest BCUT2D eigenvalue weighted by atomic mass is 10.2. The summed E-state index contributed by atoms with van der Waals surface area (Å²) in [6.45, 7) is 0.708. The van der Waals surface area contributed by atoms with Gasteiger partial charge in [0, 0.05) is 25.0 Å². The van der Waals surface area contributed by atoms with E-state index in [0.29, 0.717) is 23.2 Å². The van der Waals surface area contributed by atoms with E-state index in [1.807, 2.05) is 11.8 Å². The molecule has 16 heavy (non-hydrogen) atoms. The van der Waals surface area contributed by atoms with Gasteiger partial charge in [0.05, 0.1) is 5.69 Å². The average molecular weight is 240 g/mol. The Labute approximate surface area is 98.8 Å². The molecule has 0 saturated carbocycles. The van der Waals surface area contributed by atoms with Crippen LogP contribution < -0.4 is 11.1 Å². The number of aromatic nitrogens is 2. The van der Waals surface area contributed by atoms with Gasteiger partial charge >= 0.3 is 0 Å². The minimum Gasteiger partial charge on any atom is -0.396 e. The Morgan fingerprint density at radius 2 is 2.62 bits per heavy atom. The molecular weight excluding hydrogens is 224 g/mol. The molecule has 5 nitrogen and oxygen atoms in total. The van der Waals surface area contributed by atoms with E-state index in [4.69, 9.17) is 5.73 Å². The van der Waals surface area contributed by atoms with Crippen LogP contribution >= 0.6 is 11.8 Å². The number of amides is 1. The van der Waals surface area contributed by atoms with E-state index >= 15 is 0 Å². The van der Waals surface area contributed by atoms with Crippen molar-refractivity contribution in [2.24, 2.45) is 7.05 Å². The molecule has 1 aliphatic rings. The van der Waals surface area contributed by atoms with Crippen molar-refractivity contribution in [3.63, 3.8) is 0 Å². The van der Waals surface area contributed by atoms with E-state index in [1.165, 1.54) is 18.6 Å². The van der Waals surface area contributed by atoms with Crippen LogP contribution in [0.4, 0.5) is 5.69 Å². The van der Waals surface area contributed by atoms with Crippen LogP contribution in [0.25, 0.3) is 0 Å². The van der Waals surface area contributed by atoms with Crippen molar-refractivity contribution in [3.8, 4) is 0 Å². The maximum Gasteiger partial charge on any atom is 0.273 e. The zero-order chi connectivity index (χ0) is 11.5. The minimum atomic E-state index is -0.175. The Balaban J connectivity index is 1.90. The van der Waals surface area contributed by atoms with E-state index < -0.39 is 0 Å². The van der Waals surface area contributed by atoms with Gasteiger partial charge in [-0.05, 0) is 18.6 Å². The molecule has 0 aliphatic carbocycles. The molecule has 0 bridgehead atoms. The van der Waals surface area contributed by atoms with Gasteiger partial charge in [-0.15, -0.1) is 0 Å². The van der Waals surface area contributed by atoms with Crippen molar-refractivity contribution in [1.82, 2.24) is 15.1 Å². The number of rotatable bonds is 3. The van der Waals surface area contributed by atoms with Gasteiger partial charge in [0.15, 0.2) is 5.69 Å². The molecule has 6 heteroatoms. The molecule has 88 valence electrons. The summed E-state index contributed by atoms with van der Waals surface area (Å²) in [5.74, 6) is 1.03. The third-order valence-corrected chi connectivity index (χ3v) is 3.98. The van der Waals surface area contributed by atoms with E-state index in [9.17, 15) is 4.79 Å². The molecule has 0 radical (unpaired) electrons. The zero-order valence-electron chi connectivity index (χ0n) is 9.27. The van der Waals surface area contributed by atoms with Crippen LogP contribution in [0.15, 0.2) is 6.20 Å². The van der Waals surface area contributed by atoms with E-state index in [-0.39, 0.29) is 5.91 Å². The molecule has 2 rings (SSSR count). The van der Waals surface area contributed by atoms with Crippen LogP contribution in [0, 0.1) is 0 Å². The zero-order valence-corrected chi connectivity index (χ0v) is 10.1. The second kappa shape index (κ2) is 4.78. The molecule has 1 aromatic rings. The van der Waals surface area contributed by atoms with E-state index in [2.05, 4.69) is 10.4 Å². The van der Waals surface area contributed by atoms with Crippen molar-refractivity contribution in [2.75, 3.05) is 18.0 Å². The summed E-state index contributed by atoms with van der Waals surface area (Å²) in [5.41, 5.74) is 6.43. The van der Waals surface area contributed by atoms with Crippen LogP contribution in [-0.2, 0) is 7.05 Å². The third kappa shape index (κ3) is 2.49. The molecule has 1 amide bonds. The predicted octanol–water partition coefficient (Wildman–Crippen LogP) is 0.628. The Hall–Kier alpha value is -1.17. The van der Waals surface area contributed by atoms with Gasteiger partial charge in [0.25, 0.3) is 5.91 Å². The van der Waals surface area contributed by atoms with E-state index in [1.54, 1.807) is 17.9 Å². The topological polar surface area (TPSA) is 72.9 Å².